The molecule has 0 radical (unpaired) electrons. The highest BCUT2D eigenvalue weighted by Crippen LogP contribution is 2.28. The van der Waals surface area contributed by atoms with Gasteiger partial charge in [0, 0.05) is 13.1 Å². The van der Waals surface area contributed by atoms with Crippen molar-refractivity contribution < 1.29 is 25.5 Å². The van der Waals surface area contributed by atoms with E-state index in [1.165, 1.54) is 0 Å². The highest BCUT2D eigenvalue weighted by Gasteiger charge is 2.51. The molecule has 0 spiro atoms. The lowest BCUT2D eigenvalue weighted by molar-refractivity contribution is -0.142. The second-order valence-electron chi connectivity index (χ2n) is 4.05. The third-order valence-corrected chi connectivity index (χ3v) is 3.10. The predicted octanol–water partition coefficient (Wildman–Crippen LogP) is -3.51. The van der Waals surface area contributed by atoms with Gasteiger partial charge in [-0.1, -0.05) is 0 Å². The number of fused-ring (bicyclic) bond motifs is 1. The molecule has 2 heterocycles. The quantitative estimate of drug-likeness (QED) is 0.281. The minimum atomic E-state index is -1.25. The molecule has 14 heavy (non-hydrogen) atoms. The zero-order valence-corrected chi connectivity index (χ0v) is 7.56. The summed E-state index contributed by atoms with van der Waals surface area (Å²) in [6, 6.07) is -0.677. The van der Waals surface area contributed by atoms with Crippen LogP contribution in [-0.2, 0) is 0 Å². The number of rotatable bonds is 0. The van der Waals surface area contributed by atoms with Crippen LogP contribution in [0, 0.1) is 0 Å². The fourth-order valence-electron chi connectivity index (χ4n) is 2.31. The molecule has 2 aliphatic heterocycles. The molecule has 5 N–H and O–H groups in total. The lowest BCUT2D eigenvalue weighted by atomic mass is 9.93. The number of hydrogen-bond donors (Lipinski definition) is 5. The number of aliphatic hydroxyl groups excluding tert-OH is 5. The topological polar surface area (TPSA) is 104 Å². The van der Waals surface area contributed by atoms with Gasteiger partial charge in [0.25, 0.3) is 0 Å². The molecule has 2 saturated heterocycles. The maximum absolute atomic E-state index is 9.58. The lowest BCUT2D eigenvalue weighted by Crippen LogP contribution is -2.61. The van der Waals surface area contributed by atoms with Crippen LogP contribution >= 0.6 is 0 Å². The number of piperidine rings is 1. The molecule has 0 amide bonds. The normalized spacial score (nSPS) is 54.6. The van der Waals surface area contributed by atoms with Gasteiger partial charge in [0.2, 0.25) is 0 Å². The van der Waals surface area contributed by atoms with Gasteiger partial charge >= 0.3 is 0 Å². The van der Waals surface area contributed by atoms with Gasteiger partial charge in [-0.15, -0.1) is 0 Å². The zero-order valence-electron chi connectivity index (χ0n) is 7.56. The van der Waals surface area contributed by atoms with E-state index in [-0.39, 0.29) is 13.1 Å². The van der Waals surface area contributed by atoms with Crippen molar-refractivity contribution in [3.05, 3.63) is 0 Å². The summed E-state index contributed by atoms with van der Waals surface area (Å²) < 4.78 is 0. The Kier molecular flexibility index (Phi) is 2.50. The van der Waals surface area contributed by atoms with E-state index in [4.69, 9.17) is 0 Å². The SMILES string of the molecule is O[C@@H]1[C@H]2[C@@H](O)[C@H](O)[C@@H](O)CN2C[C@@H]1O. The molecule has 0 unspecified atom stereocenters. The Morgan fingerprint density at radius 1 is 0.714 bits per heavy atom. The fraction of sp³-hybridized carbons (Fsp3) is 1.00. The second-order valence-corrected chi connectivity index (χ2v) is 4.05. The molecule has 6 heteroatoms. The minimum absolute atomic E-state index is 0.164. The summed E-state index contributed by atoms with van der Waals surface area (Å²) in [5.41, 5.74) is 0. The largest absolute Gasteiger partial charge is 0.389 e. The Morgan fingerprint density at radius 2 is 1.21 bits per heavy atom. The summed E-state index contributed by atoms with van der Waals surface area (Å²) in [4.78, 5) is 1.59. The van der Waals surface area contributed by atoms with Crippen molar-refractivity contribution in [3.8, 4) is 0 Å². The van der Waals surface area contributed by atoms with Crippen molar-refractivity contribution in [2.45, 2.75) is 36.6 Å². The van der Waals surface area contributed by atoms with E-state index in [0.717, 1.165) is 0 Å². The lowest BCUT2D eigenvalue weighted by Gasteiger charge is -2.40. The highest BCUT2D eigenvalue weighted by atomic mass is 16.4. The molecule has 0 aromatic carbocycles. The van der Waals surface area contributed by atoms with Crippen LogP contribution in [0.4, 0.5) is 0 Å². The summed E-state index contributed by atoms with van der Waals surface area (Å²) in [5, 5.41) is 47.2. The molecule has 0 bridgehead atoms. The molecule has 2 aliphatic rings. The van der Waals surface area contributed by atoms with E-state index in [1.54, 1.807) is 4.90 Å². The van der Waals surface area contributed by atoms with Crippen LogP contribution in [0.5, 0.6) is 0 Å². The van der Waals surface area contributed by atoms with Gasteiger partial charge in [0.1, 0.15) is 12.2 Å². The molecular weight excluding hydrogens is 190 g/mol. The van der Waals surface area contributed by atoms with Crippen molar-refractivity contribution in [1.82, 2.24) is 4.90 Å². The first-order valence-corrected chi connectivity index (χ1v) is 4.66. The average molecular weight is 205 g/mol. The number of aliphatic hydroxyl groups is 5. The summed E-state index contributed by atoms with van der Waals surface area (Å²) in [7, 11) is 0. The van der Waals surface area contributed by atoms with Crippen LogP contribution < -0.4 is 0 Å². The molecule has 82 valence electrons. The van der Waals surface area contributed by atoms with Gasteiger partial charge in [-0.3, -0.25) is 4.90 Å². The summed E-state index contributed by atoms with van der Waals surface area (Å²) >= 11 is 0. The maximum Gasteiger partial charge on any atom is 0.109 e. The Morgan fingerprint density at radius 3 is 1.79 bits per heavy atom. The predicted molar refractivity (Wildman–Crippen MR) is 45.4 cm³/mol. The first kappa shape index (κ1) is 10.3. The molecule has 0 aromatic rings. The van der Waals surface area contributed by atoms with E-state index in [9.17, 15) is 25.5 Å². The molecule has 6 nitrogen and oxygen atoms in total. The van der Waals surface area contributed by atoms with Crippen molar-refractivity contribution in [2.24, 2.45) is 0 Å². The average Bonchev–Trinajstić information content (AvgIpc) is 2.39. The Bertz CT molecular complexity index is 224. The summed E-state index contributed by atoms with van der Waals surface area (Å²) in [6.07, 6.45) is -5.49. The van der Waals surface area contributed by atoms with Gasteiger partial charge in [0.05, 0.1) is 24.4 Å². The Hall–Kier alpha value is -0.240. The van der Waals surface area contributed by atoms with Crippen LogP contribution in [-0.4, -0.2) is 80.1 Å². The van der Waals surface area contributed by atoms with Crippen molar-refractivity contribution in [3.63, 3.8) is 0 Å². The minimum Gasteiger partial charge on any atom is -0.389 e. The van der Waals surface area contributed by atoms with Crippen molar-refractivity contribution in [1.29, 1.82) is 0 Å². The van der Waals surface area contributed by atoms with Gasteiger partial charge in [-0.05, 0) is 0 Å². The van der Waals surface area contributed by atoms with E-state index >= 15 is 0 Å². The van der Waals surface area contributed by atoms with Crippen molar-refractivity contribution in [2.75, 3.05) is 13.1 Å². The Balaban J connectivity index is 2.18. The third kappa shape index (κ3) is 1.35. The molecule has 2 rings (SSSR count). The molecule has 2 fully saturated rings. The monoisotopic (exact) mass is 205 g/mol. The van der Waals surface area contributed by atoms with Gasteiger partial charge in [-0.25, -0.2) is 0 Å². The van der Waals surface area contributed by atoms with Crippen LogP contribution in [0.25, 0.3) is 0 Å². The van der Waals surface area contributed by atoms with Crippen LogP contribution in [0.3, 0.4) is 0 Å². The first-order valence-electron chi connectivity index (χ1n) is 4.66. The highest BCUT2D eigenvalue weighted by molar-refractivity contribution is 5.04. The molecule has 6 atom stereocenters. The third-order valence-electron chi connectivity index (χ3n) is 3.10. The van der Waals surface area contributed by atoms with E-state index in [1.807, 2.05) is 0 Å². The van der Waals surface area contributed by atoms with Crippen LogP contribution in [0.15, 0.2) is 0 Å². The smallest absolute Gasteiger partial charge is 0.109 e. The Labute approximate surface area is 81.0 Å². The first-order chi connectivity index (χ1) is 6.52. The number of hydrogen-bond acceptors (Lipinski definition) is 6. The van der Waals surface area contributed by atoms with E-state index in [2.05, 4.69) is 0 Å². The van der Waals surface area contributed by atoms with Gasteiger partial charge < -0.3 is 25.5 Å². The molecule has 0 aliphatic carbocycles. The number of nitrogens with zero attached hydrogens (tertiary/aromatic N) is 1. The summed E-state index contributed by atoms with van der Waals surface area (Å²) in [5.74, 6) is 0. The second kappa shape index (κ2) is 3.41. The van der Waals surface area contributed by atoms with Gasteiger partial charge in [-0.2, -0.15) is 0 Å². The van der Waals surface area contributed by atoms with Crippen LogP contribution in [0.1, 0.15) is 0 Å². The van der Waals surface area contributed by atoms with Crippen molar-refractivity contribution >= 4 is 0 Å². The van der Waals surface area contributed by atoms with E-state index in [0.29, 0.717) is 0 Å². The zero-order chi connectivity index (χ0) is 10.5. The molecular formula is C8H15NO5. The van der Waals surface area contributed by atoms with Gasteiger partial charge in [0.15, 0.2) is 0 Å². The van der Waals surface area contributed by atoms with Crippen LogP contribution in [0.2, 0.25) is 0 Å². The molecule has 0 saturated carbocycles. The molecule has 0 aromatic heterocycles. The fourth-order valence-corrected chi connectivity index (χ4v) is 2.31. The standard InChI is InChI=1S/C8H15NO5/c10-3-1-9-2-4(11)7(13)8(14)5(9)6(3)12/h3-8,10-14H,1-2H2/t3-,4-,5-,6-,7+,8+/m0/s1. The summed E-state index contributed by atoms with van der Waals surface area (Å²) in [6.45, 7) is 0.379. The maximum atomic E-state index is 9.58. The van der Waals surface area contributed by atoms with E-state index < -0.39 is 36.6 Å².